The predicted molar refractivity (Wildman–Crippen MR) is 81.4 cm³/mol. The normalized spacial score (nSPS) is 12.0. The zero-order valence-corrected chi connectivity index (χ0v) is 12.9. The Kier molecular flexibility index (Phi) is 5.83. The van der Waals surface area contributed by atoms with Gasteiger partial charge in [0.2, 0.25) is 0 Å². The summed E-state index contributed by atoms with van der Waals surface area (Å²) >= 11 is 0. The summed E-state index contributed by atoms with van der Waals surface area (Å²) in [5.74, 6) is -3.14. The van der Waals surface area contributed by atoms with Crippen LogP contribution >= 0.6 is 0 Å². The molecule has 26 heavy (non-hydrogen) atoms. The van der Waals surface area contributed by atoms with E-state index >= 15 is 0 Å². The number of hydrogen-bond donors (Lipinski definition) is 3. The van der Waals surface area contributed by atoms with Crippen molar-refractivity contribution in [3.05, 3.63) is 60.2 Å². The minimum atomic E-state index is -5.16. The van der Waals surface area contributed by atoms with E-state index in [1.807, 2.05) is 10.6 Å². The number of halogens is 3. The van der Waals surface area contributed by atoms with Gasteiger partial charge in [-0.3, -0.25) is 24.9 Å². The Bertz CT molecular complexity index is 784. The molecule has 0 unspecified atom stereocenters. The molecular formula is C15H12F3N5O3. The number of aromatic nitrogens is 2. The summed E-state index contributed by atoms with van der Waals surface area (Å²) in [5.41, 5.74) is -0.137. The van der Waals surface area contributed by atoms with Gasteiger partial charge >= 0.3 is 18.1 Å². The maximum absolute atomic E-state index is 12.5. The van der Waals surface area contributed by atoms with Crippen LogP contribution in [0.5, 0.6) is 0 Å². The van der Waals surface area contributed by atoms with E-state index in [0.29, 0.717) is 0 Å². The molecule has 2 rings (SSSR count). The smallest absolute Gasteiger partial charge is 0.323 e. The Balaban J connectivity index is 2.09. The number of hydrogen-bond acceptors (Lipinski definition) is 5. The van der Waals surface area contributed by atoms with Crippen molar-refractivity contribution in [2.24, 2.45) is 0 Å². The van der Waals surface area contributed by atoms with E-state index in [9.17, 15) is 27.6 Å². The number of nitrogens with one attached hydrogen (secondary N) is 3. The van der Waals surface area contributed by atoms with Gasteiger partial charge in [0, 0.05) is 12.4 Å². The van der Waals surface area contributed by atoms with Crippen LogP contribution in [-0.4, -0.2) is 34.0 Å². The lowest BCUT2D eigenvalue weighted by Gasteiger charge is -2.20. The summed E-state index contributed by atoms with van der Waals surface area (Å²) in [6, 6.07) is 7.51. The molecule has 0 spiro atoms. The van der Waals surface area contributed by atoms with Gasteiger partial charge in [-0.1, -0.05) is 12.1 Å². The number of urea groups is 1. The van der Waals surface area contributed by atoms with E-state index in [1.54, 1.807) is 11.4 Å². The zero-order chi connectivity index (χ0) is 19.2. The number of rotatable bonds is 4. The van der Waals surface area contributed by atoms with Crippen LogP contribution in [-0.2, 0) is 4.79 Å². The highest BCUT2D eigenvalue weighted by Gasteiger charge is 2.40. The van der Waals surface area contributed by atoms with E-state index in [4.69, 9.17) is 0 Å². The van der Waals surface area contributed by atoms with Gasteiger partial charge in [0.15, 0.2) is 0 Å². The molecule has 0 aliphatic rings. The summed E-state index contributed by atoms with van der Waals surface area (Å²) in [4.78, 5) is 42.4. The first kappa shape index (κ1) is 18.8. The molecule has 0 radical (unpaired) electrons. The Morgan fingerprint density at radius 2 is 1.58 bits per heavy atom. The van der Waals surface area contributed by atoms with Gasteiger partial charge in [-0.15, -0.1) is 0 Å². The van der Waals surface area contributed by atoms with Crippen molar-refractivity contribution in [1.29, 1.82) is 0 Å². The molecular weight excluding hydrogens is 355 g/mol. The molecule has 8 nitrogen and oxygen atoms in total. The van der Waals surface area contributed by atoms with Gasteiger partial charge in [-0.2, -0.15) is 13.2 Å². The van der Waals surface area contributed by atoms with Crippen LogP contribution < -0.4 is 16.0 Å². The molecule has 0 saturated carbocycles. The molecule has 2 heterocycles. The third-order valence-electron chi connectivity index (χ3n) is 2.92. The summed E-state index contributed by atoms with van der Waals surface area (Å²) in [7, 11) is 0. The average molecular weight is 367 g/mol. The molecule has 2 aromatic heterocycles. The second kappa shape index (κ2) is 8.05. The SMILES string of the molecule is O=C(NC(=O)c1ccccn1)N[C@H](NC(=O)C(F)(F)F)c1ccccn1. The monoisotopic (exact) mass is 367 g/mol. The standard InChI is InChI=1S/C15H12F3N5O3/c16-15(17,18)13(25)21-11(9-5-1-3-7-19-9)22-14(26)23-12(24)10-6-2-4-8-20-10/h1-8,11H,(H,21,25)(H2,22,23,24,26)/t11-/m0/s1. The first-order chi connectivity index (χ1) is 12.3. The molecule has 0 saturated heterocycles. The summed E-state index contributed by atoms with van der Waals surface area (Å²) in [6.07, 6.45) is -4.18. The van der Waals surface area contributed by atoms with Crippen LogP contribution in [0.1, 0.15) is 22.3 Å². The molecule has 1 atom stereocenters. The lowest BCUT2D eigenvalue weighted by Crippen LogP contribution is -2.50. The van der Waals surface area contributed by atoms with Crippen LogP contribution in [0.15, 0.2) is 48.8 Å². The van der Waals surface area contributed by atoms with E-state index in [2.05, 4.69) is 9.97 Å². The number of nitrogens with zero attached hydrogens (tertiary/aromatic N) is 2. The fraction of sp³-hybridized carbons (Fsp3) is 0.133. The fourth-order valence-electron chi connectivity index (χ4n) is 1.78. The van der Waals surface area contributed by atoms with Crippen LogP contribution in [0, 0.1) is 0 Å². The summed E-state index contributed by atoms with van der Waals surface area (Å²) < 4.78 is 37.4. The van der Waals surface area contributed by atoms with Crippen molar-refractivity contribution in [1.82, 2.24) is 25.9 Å². The quantitative estimate of drug-likeness (QED) is 0.705. The van der Waals surface area contributed by atoms with Gasteiger partial charge < -0.3 is 10.6 Å². The maximum atomic E-state index is 12.5. The molecule has 4 amide bonds. The zero-order valence-electron chi connectivity index (χ0n) is 12.9. The summed E-state index contributed by atoms with van der Waals surface area (Å²) in [6.45, 7) is 0. The van der Waals surface area contributed by atoms with Gasteiger partial charge in [0.05, 0.1) is 5.69 Å². The Morgan fingerprint density at radius 1 is 0.923 bits per heavy atom. The Hall–Kier alpha value is -3.50. The molecule has 0 bridgehead atoms. The lowest BCUT2D eigenvalue weighted by atomic mass is 10.3. The van der Waals surface area contributed by atoms with E-state index in [-0.39, 0.29) is 11.4 Å². The Labute approximate surface area is 144 Å². The van der Waals surface area contributed by atoms with Crippen LogP contribution in [0.25, 0.3) is 0 Å². The first-order valence-corrected chi connectivity index (χ1v) is 7.09. The van der Waals surface area contributed by atoms with Crippen molar-refractivity contribution in [3.8, 4) is 0 Å². The van der Waals surface area contributed by atoms with Crippen molar-refractivity contribution < 1.29 is 27.6 Å². The van der Waals surface area contributed by atoms with E-state index in [0.717, 1.165) is 0 Å². The average Bonchev–Trinajstić information content (AvgIpc) is 2.61. The number of carbonyl (C=O) groups excluding carboxylic acids is 3. The highest BCUT2D eigenvalue weighted by Crippen LogP contribution is 2.16. The predicted octanol–water partition coefficient (Wildman–Crippen LogP) is 1.29. The second-order valence-corrected chi connectivity index (χ2v) is 4.80. The highest BCUT2D eigenvalue weighted by molar-refractivity contribution is 6.03. The molecule has 3 N–H and O–H groups in total. The number of pyridine rings is 2. The van der Waals surface area contributed by atoms with Crippen LogP contribution in [0.3, 0.4) is 0 Å². The van der Waals surface area contributed by atoms with Crippen LogP contribution in [0.4, 0.5) is 18.0 Å². The number of imide groups is 1. The topological polar surface area (TPSA) is 113 Å². The van der Waals surface area contributed by atoms with Crippen molar-refractivity contribution in [2.45, 2.75) is 12.3 Å². The van der Waals surface area contributed by atoms with Gasteiger partial charge in [0.1, 0.15) is 11.9 Å². The van der Waals surface area contributed by atoms with E-state index < -0.39 is 30.2 Å². The molecule has 0 aromatic carbocycles. The maximum Gasteiger partial charge on any atom is 0.471 e. The number of carbonyl (C=O) groups is 3. The first-order valence-electron chi connectivity index (χ1n) is 7.09. The van der Waals surface area contributed by atoms with Crippen molar-refractivity contribution in [2.75, 3.05) is 0 Å². The number of amides is 4. The number of alkyl halides is 3. The van der Waals surface area contributed by atoms with Crippen molar-refractivity contribution in [3.63, 3.8) is 0 Å². The van der Waals surface area contributed by atoms with Crippen LogP contribution in [0.2, 0.25) is 0 Å². The lowest BCUT2D eigenvalue weighted by molar-refractivity contribution is -0.174. The minimum absolute atomic E-state index is 0.0643. The largest absolute Gasteiger partial charge is 0.471 e. The third-order valence-corrected chi connectivity index (χ3v) is 2.92. The highest BCUT2D eigenvalue weighted by atomic mass is 19.4. The minimum Gasteiger partial charge on any atom is -0.323 e. The van der Waals surface area contributed by atoms with Gasteiger partial charge in [0.25, 0.3) is 5.91 Å². The molecule has 136 valence electrons. The van der Waals surface area contributed by atoms with Gasteiger partial charge in [-0.05, 0) is 24.3 Å². The Morgan fingerprint density at radius 3 is 2.12 bits per heavy atom. The fourth-order valence-corrected chi connectivity index (χ4v) is 1.78. The molecule has 0 aliphatic heterocycles. The summed E-state index contributed by atoms with van der Waals surface area (Å²) in [5, 5.41) is 5.53. The van der Waals surface area contributed by atoms with Gasteiger partial charge in [-0.25, -0.2) is 4.79 Å². The molecule has 2 aromatic rings. The molecule has 0 fully saturated rings. The molecule has 0 aliphatic carbocycles. The molecule has 11 heteroatoms. The third kappa shape index (κ3) is 5.26. The van der Waals surface area contributed by atoms with E-state index in [1.165, 1.54) is 42.7 Å². The second-order valence-electron chi connectivity index (χ2n) is 4.80. The van der Waals surface area contributed by atoms with Crippen molar-refractivity contribution >= 4 is 17.8 Å².